The van der Waals surface area contributed by atoms with Crippen LogP contribution in [-0.4, -0.2) is 9.97 Å². The molecular weight excluding hydrogens is 545 g/mol. The zero-order valence-electron chi connectivity index (χ0n) is 15.0. The number of halogens is 3. The maximum Gasteiger partial charge on any atom is 2.00 e. The first-order chi connectivity index (χ1) is 12.1. The van der Waals surface area contributed by atoms with Gasteiger partial charge < -0.3 is 6.15 Å². The molecule has 28 heavy (non-hydrogen) atoms. The van der Waals surface area contributed by atoms with Gasteiger partial charge in [0.15, 0.2) is 0 Å². The molecule has 2 heterocycles. The van der Waals surface area contributed by atoms with Crippen molar-refractivity contribution in [3.05, 3.63) is 93.7 Å². The molecule has 0 aliphatic rings. The van der Waals surface area contributed by atoms with Crippen LogP contribution in [0.4, 0.5) is 0 Å². The van der Waals surface area contributed by atoms with Crippen LogP contribution in [0.15, 0.2) is 70.1 Å². The minimum atomic E-state index is 0. The molecule has 4 aromatic rings. The predicted octanol–water partition coefficient (Wildman–Crippen LogP) is 7.02. The molecule has 2 aromatic carbocycles. The monoisotopic (exact) mass is 561 g/mol. The summed E-state index contributed by atoms with van der Waals surface area (Å²) in [6.07, 6.45) is 2.81. The summed E-state index contributed by atoms with van der Waals surface area (Å²) in [5.41, 5.74) is 3.62. The Labute approximate surface area is 198 Å². The molecule has 0 fully saturated rings. The van der Waals surface area contributed by atoms with Crippen LogP contribution in [0.1, 0.15) is 11.4 Å². The van der Waals surface area contributed by atoms with Crippen molar-refractivity contribution in [3.8, 4) is 0 Å². The molecule has 0 saturated heterocycles. The zero-order chi connectivity index (χ0) is 17.8. The van der Waals surface area contributed by atoms with Crippen LogP contribution < -0.4 is 6.15 Å². The number of aromatic nitrogens is 2. The van der Waals surface area contributed by atoms with Gasteiger partial charge >= 0.3 is 17.1 Å². The van der Waals surface area contributed by atoms with Gasteiger partial charge in [0.05, 0.1) is 11.0 Å². The number of nitrogens with zero attached hydrogens (tertiary/aromatic N) is 2. The summed E-state index contributed by atoms with van der Waals surface area (Å²) in [4.78, 5) is 9.10. The number of hydrogen-bond donors (Lipinski definition) is 1. The number of hydrogen-bond acceptors (Lipinski definition) is 3. The van der Waals surface area contributed by atoms with Crippen molar-refractivity contribution in [2.24, 2.45) is 0 Å². The van der Waals surface area contributed by atoms with E-state index in [1.807, 2.05) is 43.3 Å². The standard InChI is InChI=1S/C15H11N2.C6H3Br2.ClH.Fe.H3N/c1-3-13-9-8-12-7-6-11-5-4-10(2)16-14(11)15(12)17-13;7-5-2-1-3-6(8)4-5;;;/h4-9H,1H2,2H3;1-3H;1H;;1H3/q2*-1;;+2;. The van der Waals surface area contributed by atoms with E-state index >= 15 is 0 Å². The fourth-order valence-corrected chi connectivity index (χ4v) is 3.38. The van der Waals surface area contributed by atoms with E-state index in [1.54, 1.807) is 0 Å². The first-order valence-electron chi connectivity index (χ1n) is 7.60. The van der Waals surface area contributed by atoms with E-state index < -0.39 is 0 Å². The van der Waals surface area contributed by atoms with Gasteiger partial charge in [0.2, 0.25) is 0 Å². The second kappa shape index (κ2) is 12.3. The van der Waals surface area contributed by atoms with Gasteiger partial charge in [-0.2, -0.15) is 36.9 Å². The molecule has 146 valence electrons. The van der Waals surface area contributed by atoms with Crippen molar-refractivity contribution in [2.45, 2.75) is 6.92 Å². The first kappa shape index (κ1) is 26.7. The summed E-state index contributed by atoms with van der Waals surface area (Å²) in [6, 6.07) is 21.0. The smallest absolute Gasteiger partial charge is 0.344 e. The molecule has 0 atom stereocenters. The topological polar surface area (TPSA) is 60.8 Å². The van der Waals surface area contributed by atoms with Gasteiger partial charge in [0, 0.05) is 11.1 Å². The van der Waals surface area contributed by atoms with Crippen LogP contribution >= 0.6 is 44.3 Å². The molecule has 3 N–H and O–H groups in total. The van der Waals surface area contributed by atoms with Crippen molar-refractivity contribution in [1.29, 1.82) is 0 Å². The summed E-state index contributed by atoms with van der Waals surface area (Å²) >= 11 is 6.55. The molecule has 0 spiro atoms. The van der Waals surface area contributed by atoms with E-state index in [2.05, 4.69) is 78.7 Å². The fraction of sp³-hybridized carbons (Fsp3) is 0.0476. The SMILES string of the molecule is Brc1[c-]c(Br)ccc1.C=[C-]c1ccc2ccc3ccc(C)nc3c2n1.Cl.N.[Fe+2]. The quantitative estimate of drug-likeness (QED) is 0.154. The maximum absolute atomic E-state index is 4.57. The minimum Gasteiger partial charge on any atom is -0.344 e. The van der Waals surface area contributed by atoms with Crippen LogP contribution in [0.3, 0.4) is 0 Å². The van der Waals surface area contributed by atoms with Crippen LogP contribution in [-0.2, 0) is 17.1 Å². The Bertz CT molecular complexity index is 1060. The summed E-state index contributed by atoms with van der Waals surface area (Å²) < 4.78 is 1.96. The van der Waals surface area contributed by atoms with Crippen LogP contribution in [0.5, 0.6) is 0 Å². The Hall–Kier alpha value is -1.27. The molecule has 0 aliphatic carbocycles. The van der Waals surface area contributed by atoms with E-state index in [4.69, 9.17) is 0 Å². The normalized spacial score (nSPS) is 9.25. The average Bonchev–Trinajstić information content (AvgIpc) is 2.61. The third-order valence-electron chi connectivity index (χ3n) is 3.56. The van der Waals surface area contributed by atoms with Gasteiger partial charge in [-0.15, -0.1) is 24.2 Å². The molecule has 0 unspecified atom stereocenters. The van der Waals surface area contributed by atoms with Gasteiger partial charge in [0.25, 0.3) is 0 Å². The molecule has 0 radical (unpaired) electrons. The van der Waals surface area contributed by atoms with E-state index in [9.17, 15) is 0 Å². The summed E-state index contributed by atoms with van der Waals surface area (Å²) in [7, 11) is 0. The van der Waals surface area contributed by atoms with Crippen LogP contribution in [0, 0.1) is 19.1 Å². The number of fused-ring (bicyclic) bond motifs is 3. The van der Waals surface area contributed by atoms with Gasteiger partial charge in [-0.25, -0.2) is 6.08 Å². The van der Waals surface area contributed by atoms with Gasteiger partial charge in [-0.05, 0) is 18.4 Å². The number of benzene rings is 2. The Morgan fingerprint density at radius 1 is 0.857 bits per heavy atom. The van der Waals surface area contributed by atoms with Gasteiger partial charge in [-0.3, -0.25) is 9.97 Å². The fourth-order valence-electron chi connectivity index (χ4n) is 2.38. The summed E-state index contributed by atoms with van der Waals surface area (Å²) in [5, 5.41) is 2.20. The van der Waals surface area contributed by atoms with Crippen molar-refractivity contribution in [1.82, 2.24) is 16.1 Å². The zero-order valence-corrected chi connectivity index (χ0v) is 20.1. The molecule has 3 nitrogen and oxygen atoms in total. The minimum absolute atomic E-state index is 0. The summed E-state index contributed by atoms with van der Waals surface area (Å²) in [6.45, 7) is 5.62. The first-order valence-corrected chi connectivity index (χ1v) is 9.19. The molecule has 2 aromatic heterocycles. The largest absolute Gasteiger partial charge is 2.00 e. The van der Waals surface area contributed by atoms with Crippen molar-refractivity contribution in [2.75, 3.05) is 0 Å². The van der Waals surface area contributed by atoms with Crippen molar-refractivity contribution < 1.29 is 17.1 Å². The van der Waals surface area contributed by atoms with Crippen LogP contribution in [0.25, 0.3) is 21.8 Å². The van der Waals surface area contributed by atoms with E-state index in [1.165, 1.54) is 0 Å². The Balaban J connectivity index is 0.000000574. The van der Waals surface area contributed by atoms with E-state index in [0.29, 0.717) is 0 Å². The predicted molar refractivity (Wildman–Crippen MR) is 123 cm³/mol. The van der Waals surface area contributed by atoms with Crippen molar-refractivity contribution >= 4 is 66.1 Å². The molecule has 0 bridgehead atoms. The number of rotatable bonds is 1. The van der Waals surface area contributed by atoms with Crippen LogP contribution in [0.2, 0.25) is 0 Å². The summed E-state index contributed by atoms with van der Waals surface area (Å²) in [5.74, 6) is 0. The Morgan fingerprint density at radius 3 is 1.86 bits per heavy atom. The van der Waals surface area contributed by atoms with Gasteiger partial charge in [-0.1, -0.05) is 59.0 Å². The van der Waals surface area contributed by atoms with E-state index in [0.717, 1.165) is 42.1 Å². The number of aryl methyl sites for hydroxylation is 1. The Morgan fingerprint density at radius 2 is 1.36 bits per heavy atom. The number of pyridine rings is 2. The molecule has 0 saturated carbocycles. The second-order valence-corrected chi connectivity index (χ2v) is 7.09. The second-order valence-electron chi connectivity index (χ2n) is 5.38. The van der Waals surface area contributed by atoms with E-state index in [-0.39, 0.29) is 35.6 Å². The third kappa shape index (κ3) is 6.66. The molecule has 0 aliphatic heterocycles. The van der Waals surface area contributed by atoms with Gasteiger partial charge in [0.1, 0.15) is 0 Å². The van der Waals surface area contributed by atoms with Crippen molar-refractivity contribution in [3.63, 3.8) is 0 Å². The maximum atomic E-state index is 4.57. The molecular formula is C21H18Br2ClFeN3. The third-order valence-corrected chi connectivity index (χ3v) is 4.49. The molecule has 7 heteroatoms. The average molecular weight is 564 g/mol. The molecule has 4 rings (SSSR count). The molecule has 0 amide bonds. The Kier molecular flexibility index (Phi) is 11.8.